The monoisotopic (exact) mass is 543 g/mol. The Bertz CT molecular complexity index is 705. The fourth-order valence-corrected chi connectivity index (χ4v) is 4.00. The average molecular weight is 544 g/mol. The van der Waals surface area contributed by atoms with Gasteiger partial charge >= 0.3 is 11.9 Å². The maximum Gasteiger partial charge on any atom is 0.305 e. The molecule has 0 aliphatic heterocycles. The minimum absolute atomic E-state index is 0. The van der Waals surface area contributed by atoms with Crippen molar-refractivity contribution in [3.8, 4) is 0 Å². The van der Waals surface area contributed by atoms with Crippen molar-refractivity contribution in [2.45, 2.75) is 103 Å². The van der Waals surface area contributed by atoms with Crippen LogP contribution in [-0.2, 0) is 45.7 Å². The number of allylic oxidation sites excluding steroid dienone is 4. The molecular formula is C26H40CuO8. The molecule has 0 aromatic carbocycles. The van der Waals surface area contributed by atoms with E-state index in [9.17, 15) is 29.4 Å². The number of methoxy groups -OCH3 is 2. The number of carbonyl (C=O) groups is 4. The second kappa shape index (κ2) is 19.1. The Hall–Kier alpha value is -2.12. The van der Waals surface area contributed by atoms with Crippen LogP contribution >= 0.6 is 0 Å². The molecule has 0 atom stereocenters. The molecule has 35 heavy (non-hydrogen) atoms. The van der Waals surface area contributed by atoms with Gasteiger partial charge in [0.1, 0.15) is 0 Å². The fraction of sp³-hybridized carbons (Fsp3) is 0.692. The van der Waals surface area contributed by atoms with E-state index in [0.717, 1.165) is 25.7 Å². The van der Waals surface area contributed by atoms with E-state index in [0.29, 0.717) is 88.2 Å². The average Bonchev–Trinajstić information content (AvgIpc) is 2.84. The number of unbranched alkanes of at least 4 members (excludes halogenated alkanes) is 2. The van der Waals surface area contributed by atoms with Crippen molar-refractivity contribution in [2.24, 2.45) is 0 Å². The number of hydrogen-bond acceptors (Lipinski definition) is 8. The predicted octanol–water partition coefficient (Wildman–Crippen LogP) is 5.35. The van der Waals surface area contributed by atoms with Crippen molar-refractivity contribution in [3.05, 3.63) is 22.7 Å². The first-order valence-corrected chi connectivity index (χ1v) is 12.3. The first-order valence-electron chi connectivity index (χ1n) is 12.3. The second-order valence-corrected chi connectivity index (χ2v) is 8.68. The summed E-state index contributed by atoms with van der Waals surface area (Å²) >= 11 is 0. The summed E-state index contributed by atoms with van der Waals surface area (Å²) in [5.41, 5.74) is 1.21. The topological polar surface area (TPSA) is 127 Å². The summed E-state index contributed by atoms with van der Waals surface area (Å²) in [5.74, 6) is 0.152. The first kappa shape index (κ1) is 32.9. The van der Waals surface area contributed by atoms with Crippen LogP contribution in [0, 0.1) is 0 Å². The van der Waals surface area contributed by atoms with Gasteiger partial charge in [-0.1, -0.05) is 0 Å². The summed E-state index contributed by atoms with van der Waals surface area (Å²) in [4.78, 5) is 44.8. The van der Waals surface area contributed by atoms with Gasteiger partial charge in [0.2, 0.25) is 0 Å². The molecule has 2 rings (SSSR count). The molecule has 0 saturated heterocycles. The van der Waals surface area contributed by atoms with Crippen LogP contribution in [0.5, 0.6) is 0 Å². The van der Waals surface area contributed by atoms with Crippen molar-refractivity contribution in [2.75, 3.05) is 14.2 Å². The summed E-state index contributed by atoms with van der Waals surface area (Å²) in [6.45, 7) is 0. The molecule has 2 aliphatic rings. The Morgan fingerprint density at radius 1 is 0.629 bits per heavy atom. The molecule has 1 radical (unpaired) electrons. The summed E-state index contributed by atoms with van der Waals surface area (Å²) in [5, 5.41) is 19.6. The van der Waals surface area contributed by atoms with Crippen LogP contribution in [0.2, 0.25) is 0 Å². The Labute approximate surface area is 219 Å². The van der Waals surface area contributed by atoms with Gasteiger partial charge in [0.25, 0.3) is 0 Å². The van der Waals surface area contributed by atoms with E-state index >= 15 is 0 Å². The third-order valence-corrected chi connectivity index (χ3v) is 6.08. The third kappa shape index (κ3) is 13.5. The fourth-order valence-electron chi connectivity index (χ4n) is 4.00. The predicted molar refractivity (Wildman–Crippen MR) is 127 cm³/mol. The summed E-state index contributed by atoms with van der Waals surface area (Å²) in [6.07, 6.45) is 10.8. The van der Waals surface area contributed by atoms with Crippen LogP contribution in [0.25, 0.3) is 0 Å². The molecule has 2 saturated carbocycles. The smallest absolute Gasteiger partial charge is 0.305 e. The number of aliphatic hydroxyl groups excluding tert-OH is 2. The largest absolute Gasteiger partial charge is 0.512 e. The van der Waals surface area contributed by atoms with E-state index < -0.39 is 0 Å². The molecule has 9 heteroatoms. The van der Waals surface area contributed by atoms with Gasteiger partial charge in [0, 0.05) is 66.7 Å². The van der Waals surface area contributed by atoms with Crippen LogP contribution in [0.1, 0.15) is 103 Å². The standard InChI is InChI=1S/2C13H20O4.Cu/c2*1-17-13(16)9-5-4-8-12(15)10-6-2-3-7-11(10)14;/h2*15H,2-9H2,1H3;/b2*12-10-;. The van der Waals surface area contributed by atoms with Gasteiger partial charge in [-0.3, -0.25) is 19.2 Å². The van der Waals surface area contributed by atoms with Gasteiger partial charge < -0.3 is 19.7 Å². The van der Waals surface area contributed by atoms with E-state index in [4.69, 9.17) is 0 Å². The van der Waals surface area contributed by atoms with Gasteiger partial charge in [-0.25, -0.2) is 0 Å². The molecule has 0 heterocycles. The van der Waals surface area contributed by atoms with Crippen molar-refractivity contribution < 1.29 is 55.9 Å². The summed E-state index contributed by atoms with van der Waals surface area (Å²) in [6, 6.07) is 0. The molecule has 203 valence electrons. The van der Waals surface area contributed by atoms with Gasteiger partial charge in [-0.15, -0.1) is 0 Å². The normalized spacial score (nSPS) is 18.5. The van der Waals surface area contributed by atoms with Crippen LogP contribution in [0.4, 0.5) is 0 Å². The molecule has 0 aromatic heterocycles. The SMILES string of the molecule is COC(=O)CCCC/C(O)=C1\CCCCC1=O.COC(=O)CCCC/C(O)=C1\CCCCC1=O.[Cu]. The van der Waals surface area contributed by atoms with Crippen LogP contribution < -0.4 is 0 Å². The molecule has 0 bridgehead atoms. The number of ether oxygens (including phenoxy) is 2. The summed E-state index contributed by atoms with van der Waals surface area (Å²) in [7, 11) is 2.73. The Morgan fingerprint density at radius 3 is 1.26 bits per heavy atom. The van der Waals surface area contributed by atoms with Crippen molar-refractivity contribution in [3.63, 3.8) is 0 Å². The number of esters is 2. The molecule has 8 nitrogen and oxygen atoms in total. The number of Topliss-reactive ketones (excluding diaryl/α,β-unsaturated/α-hetero) is 2. The van der Waals surface area contributed by atoms with E-state index in [1.807, 2.05) is 0 Å². The van der Waals surface area contributed by atoms with Gasteiger partial charge in [-0.2, -0.15) is 0 Å². The molecule has 0 aromatic rings. The maximum absolute atomic E-state index is 11.5. The third-order valence-electron chi connectivity index (χ3n) is 6.08. The van der Waals surface area contributed by atoms with Crippen molar-refractivity contribution in [1.82, 2.24) is 0 Å². The molecule has 0 spiro atoms. The number of carbonyl (C=O) groups excluding carboxylic acids is 4. The minimum Gasteiger partial charge on any atom is -0.512 e. The Balaban J connectivity index is 0.000000642. The molecule has 0 amide bonds. The van der Waals surface area contributed by atoms with Crippen LogP contribution in [-0.4, -0.2) is 47.9 Å². The summed E-state index contributed by atoms with van der Waals surface area (Å²) < 4.78 is 9.05. The molecule has 2 fully saturated rings. The molecular weight excluding hydrogens is 504 g/mol. The first-order chi connectivity index (χ1) is 16.3. The second-order valence-electron chi connectivity index (χ2n) is 8.68. The van der Waals surface area contributed by atoms with E-state index in [1.165, 1.54) is 14.2 Å². The zero-order valence-electron chi connectivity index (χ0n) is 21.0. The molecule has 2 N–H and O–H groups in total. The van der Waals surface area contributed by atoms with E-state index in [1.54, 1.807) is 0 Å². The van der Waals surface area contributed by atoms with Gasteiger partial charge in [-0.05, 0) is 64.2 Å². The number of rotatable bonds is 10. The number of ketones is 2. The Kier molecular flexibility index (Phi) is 18.0. The van der Waals surface area contributed by atoms with Gasteiger partial charge in [0.05, 0.1) is 25.7 Å². The van der Waals surface area contributed by atoms with Crippen molar-refractivity contribution in [1.29, 1.82) is 0 Å². The zero-order chi connectivity index (χ0) is 25.3. The van der Waals surface area contributed by atoms with E-state index in [2.05, 4.69) is 9.47 Å². The van der Waals surface area contributed by atoms with E-state index in [-0.39, 0.29) is 52.1 Å². The zero-order valence-corrected chi connectivity index (χ0v) is 21.9. The number of aliphatic hydroxyl groups is 2. The van der Waals surface area contributed by atoms with Crippen LogP contribution in [0.3, 0.4) is 0 Å². The van der Waals surface area contributed by atoms with Gasteiger partial charge in [0.15, 0.2) is 11.6 Å². The number of hydrogen-bond donors (Lipinski definition) is 2. The van der Waals surface area contributed by atoms with Crippen LogP contribution in [0.15, 0.2) is 22.7 Å². The molecule has 0 unspecified atom stereocenters. The molecule has 2 aliphatic carbocycles. The maximum atomic E-state index is 11.5. The quantitative estimate of drug-likeness (QED) is 0.124. The van der Waals surface area contributed by atoms with Crippen molar-refractivity contribution >= 4 is 23.5 Å². The Morgan fingerprint density at radius 2 is 0.943 bits per heavy atom. The minimum atomic E-state index is -0.231.